The highest BCUT2D eigenvalue weighted by Crippen LogP contribution is 2.30. The van der Waals surface area contributed by atoms with Crippen molar-refractivity contribution < 1.29 is 9.59 Å². The molecule has 3 amide bonds. The van der Waals surface area contributed by atoms with E-state index < -0.39 is 0 Å². The lowest BCUT2D eigenvalue weighted by Gasteiger charge is -2.31. The molecule has 1 saturated heterocycles. The predicted octanol–water partition coefficient (Wildman–Crippen LogP) is 2.76. The summed E-state index contributed by atoms with van der Waals surface area (Å²) in [7, 11) is 0. The number of likely N-dealkylation sites (tertiary alicyclic amines) is 1. The first-order valence-corrected chi connectivity index (χ1v) is 10.0. The van der Waals surface area contributed by atoms with Gasteiger partial charge in [0.1, 0.15) is 0 Å². The Morgan fingerprint density at radius 3 is 2.56 bits per heavy atom. The van der Waals surface area contributed by atoms with E-state index in [2.05, 4.69) is 16.0 Å². The van der Waals surface area contributed by atoms with Gasteiger partial charge in [0.25, 0.3) is 0 Å². The van der Waals surface area contributed by atoms with Gasteiger partial charge in [-0.05, 0) is 26.7 Å². The zero-order valence-corrected chi connectivity index (χ0v) is 16.5. The highest BCUT2D eigenvalue weighted by Gasteiger charge is 2.25. The Morgan fingerprint density at radius 2 is 1.96 bits per heavy atom. The zero-order valence-electron chi connectivity index (χ0n) is 15.7. The van der Waals surface area contributed by atoms with Crippen LogP contribution in [0.1, 0.15) is 57.2 Å². The van der Waals surface area contributed by atoms with Gasteiger partial charge in [0.15, 0.2) is 0 Å². The summed E-state index contributed by atoms with van der Waals surface area (Å²) in [6, 6.07) is 0.206. The summed E-state index contributed by atoms with van der Waals surface area (Å²) >= 11 is 1.70. The molecule has 0 atom stereocenters. The Labute approximate surface area is 154 Å². The summed E-state index contributed by atoms with van der Waals surface area (Å²) in [6.45, 7) is 9.93. The number of aromatic nitrogens is 1. The average Bonchev–Trinajstić information content (AvgIpc) is 3.03. The van der Waals surface area contributed by atoms with Crippen LogP contribution in [0.2, 0.25) is 0 Å². The highest BCUT2D eigenvalue weighted by molar-refractivity contribution is 7.09. The fraction of sp³-hybridized carbons (Fsp3) is 0.722. The molecule has 1 aliphatic rings. The van der Waals surface area contributed by atoms with Crippen molar-refractivity contribution in [1.82, 2.24) is 20.5 Å². The smallest absolute Gasteiger partial charge is 0.317 e. The largest absolute Gasteiger partial charge is 0.355 e. The molecule has 2 rings (SSSR count). The van der Waals surface area contributed by atoms with Gasteiger partial charge in [-0.25, -0.2) is 9.78 Å². The summed E-state index contributed by atoms with van der Waals surface area (Å²) < 4.78 is 0. The third-order valence-corrected chi connectivity index (χ3v) is 5.37. The van der Waals surface area contributed by atoms with Gasteiger partial charge in [0.05, 0.1) is 10.7 Å². The number of rotatable bonds is 6. The molecule has 0 spiro atoms. The fourth-order valence-electron chi connectivity index (χ4n) is 2.81. The lowest BCUT2D eigenvalue weighted by Crippen LogP contribution is -2.46. The SMILES string of the molecule is CC(C)NC(=O)N1CCC(c2nc(CCNC(=O)C(C)C)cs2)CC1. The van der Waals surface area contributed by atoms with Gasteiger partial charge in [-0.3, -0.25) is 4.79 Å². The van der Waals surface area contributed by atoms with Crippen LogP contribution in [0.3, 0.4) is 0 Å². The fourth-order valence-corrected chi connectivity index (χ4v) is 3.84. The number of hydrogen-bond acceptors (Lipinski definition) is 4. The van der Waals surface area contributed by atoms with E-state index in [4.69, 9.17) is 4.98 Å². The molecule has 1 aromatic rings. The molecule has 1 aromatic heterocycles. The van der Waals surface area contributed by atoms with Crippen molar-refractivity contribution in [2.45, 2.75) is 58.9 Å². The molecule has 0 bridgehead atoms. The molecule has 2 heterocycles. The summed E-state index contributed by atoms with van der Waals surface area (Å²) in [5, 5.41) is 9.13. The lowest BCUT2D eigenvalue weighted by atomic mass is 9.98. The van der Waals surface area contributed by atoms with Gasteiger partial charge in [-0.2, -0.15) is 0 Å². The second-order valence-corrected chi connectivity index (χ2v) is 8.13. The second kappa shape index (κ2) is 9.17. The number of piperidine rings is 1. The Hall–Kier alpha value is -1.63. The number of nitrogens with zero attached hydrogens (tertiary/aromatic N) is 2. The first-order valence-electron chi connectivity index (χ1n) is 9.14. The first-order chi connectivity index (χ1) is 11.9. The van der Waals surface area contributed by atoms with Gasteiger partial charge in [-0.15, -0.1) is 11.3 Å². The molecule has 1 aliphatic heterocycles. The number of carbonyl (C=O) groups is 2. The maximum absolute atomic E-state index is 12.0. The maximum Gasteiger partial charge on any atom is 0.317 e. The van der Waals surface area contributed by atoms with Crippen molar-refractivity contribution in [2.24, 2.45) is 5.92 Å². The number of nitrogens with one attached hydrogen (secondary N) is 2. The monoisotopic (exact) mass is 366 g/mol. The van der Waals surface area contributed by atoms with Gasteiger partial charge < -0.3 is 15.5 Å². The Kier molecular flexibility index (Phi) is 7.23. The minimum absolute atomic E-state index is 0.0177. The highest BCUT2D eigenvalue weighted by atomic mass is 32.1. The van der Waals surface area contributed by atoms with Crippen LogP contribution in [-0.2, 0) is 11.2 Å². The first kappa shape index (κ1) is 19.7. The molecule has 1 fully saturated rings. The van der Waals surface area contributed by atoms with E-state index in [1.807, 2.05) is 32.6 Å². The Balaban J connectivity index is 1.77. The average molecular weight is 367 g/mol. The molecule has 0 aliphatic carbocycles. The number of urea groups is 1. The zero-order chi connectivity index (χ0) is 18.4. The molecule has 2 N–H and O–H groups in total. The van der Waals surface area contributed by atoms with Crippen LogP contribution in [0.5, 0.6) is 0 Å². The topological polar surface area (TPSA) is 74.3 Å². The van der Waals surface area contributed by atoms with Crippen molar-refractivity contribution in [3.8, 4) is 0 Å². The molecular weight excluding hydrogens is 336 g/mol. The van der Waals surface area contributed by atoms with Crippen molar-refractivity contribution in [3.05, 3.63) is 16.1 Å². The Morgan fingerprint density at radius 1 is 1.28 bits per heavy atom. The van der Waals surface area contributed by atoms with E-state index in [1.54, 1.807) is 11.3 Å². The van der Waals surface area contributed by atoms with E-state index >= 15 is 0 Å². The molecule has 25 heavy (non-hydrogen) atoms. The molecule has 140 valence electrons. The standard InChI is InChI=1S/C18H30N4O2S/c1-12(2)16(23)19-8-5-15-11-25-17(21-15)14-6-9-22(10-7-14)18(24)20-13(3)4/h11-14H,5-10H2,1-4H3,(H,19,23)(H,20,24). The van der Waals surface area contributed by atoms with E-state index in [0.29, 0.717) is 12.5 Å². The quantitative estimate of drug-likeness (QED) is 0.813. The van der Waals surface area contributed by atoms with Crippen LogP contribution in [0.4, 0.5) is 4.79 Å². The molecule has 0 radical (unpaired) electrons. The summed E-state index contributed by atoms with van der Waals surface area (Å²) in [5.74, 6) is 0.540. The summed E-state index contributed by atoms with van der Waals surface area (Å²) in [6.07, 6.45) is 2.69. The third kappa shape index (κ3) is 5.99. The summed E-state index contributed by atoms with van der Waals surface area (Å²) in [4.78, 5) is 30.3. The minimum atomic E-state index is 0.0177. The Bertz CT molecular complexity index is 577. The van der Waals surface area contributed by atoms with E-state index in [-0.39, 0.29) is 23.9 Å². The van der Waals surface area contributed by atoms with Gasteiger partial charge in [0, 0.05) is 49.3 Å². The second-order valence-electron chi connectivity index (χ2n) is 7.24. The minimum Gasteiger partial charge on any atom is -0.355 e. The van der Waals surface area contributed by atoms with Crippen molar-refractivity contribution in [1.29, 1.82) is 0 Å². The number of thiazole rings is 1. The van der Waals surface area contributed by atoms with E-state index in [9.17, 15) is 9.59 Å². The predicted molar refractivity (Wildman–Crippen MR) is 101 cm³/mol. The molecule has 0 saturated carbocycles. The number of hydrogen-bond donors (Lipinski definition) is 2. The van der Waals surface area contributed by atoms with Crippen molar-refractivity contribution >= 4 is 23.3 Å². The third-order valence-electron chi connectivity index (χ3n) is 4.32. The van der Waals surface area contributed by atoms with Gasteiger partial charge >= 0.3 is 6.03 Å². The normalized spacial score (nSPS) is 15.7. The van der Waals surface area contributed by atoms with E-state index in [0.717, 1.165) is 43.1 Å². The van der Waals surface area contributed by atoms with Crippen LogP contribution in [0, 0.1) is 5.92 Å². The van der Waals surface area contributed by atoms with Crippen LogP contribution < -0.4 is 10.6 Å². The van der Waals surface area contributed by atoms with Crippen LogP contribution in [0.25, 0.3) is 0 Å². The van der Waals surface area contributed by atoms with Crippen LogP contribution in [0.15, 0.2) is 5.38 Å². The van der Waals surface area contributed by atoms with Crippen molar-refractivity contribution in [2.75, 3.05) is 19.6 Å². The van der Waals surface area contributed by atoms with Crippen LogP contribution in [-0.4, -0.2) is 47.5 Å². The molecule has 0 unspecified atom stereocenters. The molecule has 0 aromatic carbocycles. The maximum atomic E-state index is 12.0. The van der Waals surface area contributed by atoms with Gasteiger partial charge in [0.2, 0.25) is 5.91 Å². The molecule has 7 heteroatoms. The molecule has 6 nitrogen and oxygen atoms in total. The van der Waals surface area contributed by atoms with E-state index in [1.165, 1.54) is 0 Å². The van der Waals surface area contributed by atoms with Crippen LogP contribution >= 0.6 is 11.3 Å². The van der Waals surface area contributed by atoms with Gasteiger partial charge in [-0.1, -0.05) is 13.8 Å². The number of amides is 3. The van der Waals surface area contributed by atoms with Crippen molar-refractivity contribution in [3.63, 3.8) is 0 Å². The molecular formula is C18H30N4O2S. The lowest BCUT2D eigenvalue weighted by molar-refractivity contribution is -0.123. The summed E-state index contributed by atoms with van der Waals surface area (Å²) in [5.41, 5.74) is 1.05. The number of carbonyl (C=O) groups excluding carboxylic acids is 2.